The Morgan fingerprint density at radius 2 is 1.92 bits per heavy atom. The molecule has 1 aliphatic carbocycles. The van der Waals surface area contributed by atoms with E-state index in [2.05, 4.69) is 27.2 Å². The predicted octanol–water partition coefficient (Wildman–Crippen LogP) is 4.99. The maximum absolute atomic E-state index is 12.6. The topological polar surface area (TPSA) is 59.0 Å². The fourth-order valence-corrected chi connectivity index (χ4v) is 4.46. The number of nitrogens with zero attached hydrogens (tertiary/aromatic N) is 2. The second kappa shape index (κ2) is 7.74. The zero-order chi connectivity index (χ0) is 17.8. The minimum atomic E-state index is -0.200. The predicted molar refractivity (Wildman–Crippen MR) is 105 cm³/mol. The number of nitrogens with one attached hydrogen (secondary N) is 2. The average molecular weight is 366 g/mol. The van der Waals surface area contributed by atoms with Crippen molar-refractivity contribution < 1.29 is 4.79 Å². The van der Waals surface area contributed by atoms with Crippen LogP contribution in [0.1, 0.15) is 36.6 Å². The van der Waals surface area contributed by atoms with Crippen molar-refractivity contribution in [3.05, 3.63) is 65.0 Å². The van der Waals surface area contributed by atoms with E-state index in [1.807, 2.05) is 48.7 Å². The molecule has 3 aromatic rings. The van der Waals surface area contributed by atoms with Gasteiger partial charge in [-0.2, -0.15) is 0 Å². The lowest BCUT2D eigenvalue weighted by Gasteiger charge is -2.23. The first-order valence-corrected chi connectivity index (χ1v) is 9.89. The zero-order valence-corrected chi connectivity index (χ0v) is 15.3. The Bertz CT molecular complexity index is 838. The Labute approximate surface area is 157 Å². The molecular formula is C20H22N4OS. The molecule has 2 N–H and O–H groups in total. The molecular weight excluding hydrogens is 344 g/mol. The van der Waals surface area contributed by atoms with Crippen LogP contribution < -0.4 is 10.6 Å². The van der Waals surface area contributed by atoms with Gasteiger partial charge in [0.25, 0.3) is 0 Å². The molecule has 0 spiro atoms. The summed E-state index contributed by atoms with van der Waals surface area (Å²) in [6.07, 6.45) is 6.68. The molecule has 6 heteroatoms. The third-order valence-corrected chi connectivity index (χ3v) is 5.81. The molecule has 0 bridgehead atoms. The van der Waals surface area contributed by atoms with Crippen molar-refractivity contribution in [1.82, 2.24) is 15.1 Å². The van der Waals surface area contributed by atoms with Gasteiger partial charge >= 0.3 is 6.03 Å². The number of thiophene rings is 1. The molecule has 4 rings (SSSR count). The van der Waals surface area contributed by atoms with E-state index in [0.29, 0.717) is 11.7 Å². The lowest BCUT2D eigenvalue weighted by molar-refractivity contribution is 0.243. The van der Waals surface area contributed by atoms with Crippen LogP contribution in [0, 0.1) is 5.92 Å². The van der Waals surface area contributed by atoms with E-state index in [1.165, 1.54) is 30.6 Å². The molecule has 134 valence electrons. The minimum Gasteiger partial charge on any atom is -0.330 e. The van der Waals surface area contributed by atoms with Crippen LogP contribution in [0.4, 0.5) is 10.6 Å². The maximum atomic E-state index is 12.6. The SMILES string of the molecule is O=C(Nc1ccn(-c2ccccc2)n1)NC(c1cccs1)C1CCCC1. The van der Waals surface area contributed by atoms with Crippen molar-refractivity contribution in [2.75, 3.05) is 5.32 Å². The molecule has 1 atom stereocenters. The number of urea groups is 1. The quantitative estimate of drug-likeness (QED) is 0.668. The fourth-order valence-electron chi connectivity index (χ4n) is 3.59. The monoisotopic (exact) mass is 366 g/mol. The van der Waals surface area contributed by atoms with Crippen LogP contribution in [-0.2, 0) is 0 Å². The summed E-state index contributed by atoms with van der Waals surface area (Å²) in [5, 5.41) is 12.5. The first kappa shape index (κ1) is 16.8. The number of rotatable bonds is 5. The lowest BCUT2D eigenvalue weighted by Crippen LogP contribution is -2.35. The van der Waals surface area contributed by atoms with Crippen molar-refractivity contribution in [2.24, 2.45) is 5.92 Å². The van der Waals surface area contributed by atoms with E-state index < -0.39 is 0 Å². The Hall–Kier alpha value is -2.60. The number of hydrogen-bond donors (Lipinski definition) is 2. The van der Waals surface area contributed by atoms with Gasteiger partial charge in [-0.15, -0.1) is 16.4 Å². The second-order valence-electron chi connectivity index (χ2n) is 6.62. The van der Waals surface area contributed by atoms with Crippen LogP contribution in [-0.4, -0.2) is 15.8 Å². The van der Waals surface area contributed by atoms with Gasteiger partial charge in [-0.3, -0.25) is 5.32 Å². The van der Waals surface area contributed by atoms with E-state index in [9.17, 15) is 4.79 Å². The van der Waals surface area contributed by atoms with E-state index in [1.54, 1.807) is 16.0 Å². The number of hydrogen-bond acceptors (Lipinski definition) is 3. The highest BCUT2D eigenvalue weighted by molar-refractivity contribution is 7.10. The summed E-state index contributed by atoms with van der Waals surface area (Å²) in [5.41, 5.74) is 0.961. The largest absolute Gasteiger partial charge is 0.330 e. The van der Waals surface area contributed by atoms with Crippen LogP contribution in [0.5, 0.6) is 0 Å². The molecule has 0 radical (unpaired) electrons. The van der Waals surface area contributed by atoms with Crippen LogP contribution in [0.25, 0.3) is 5.69 Å². The summed E-state index contributed by atoms with van der Waals surface area (Å²) in [6, 6.07) is 15.7. The first-order valence-electron chi connectivity index (χ1n) is 9.01. The van der Waals surface area contributed by atoms with Crippen LogP contribution in [0.2, 0.25) is 0 Å². The van der Waals surface area contributed by atoms with E-state index >= 15 is 0 Å². The molecule has 5 nitrogen and oxygen atoms in total. The number of anilines is 1. The van der Waals surface area contributed by atoms with E-state index in [0.717, 1.165) is 5.69 Å². The Morgan fingerprint density at radius 1 is 1.12 bits per heavy atom. The fraction of sp³-hybridized carbons (Fsp3) is 0.300. The highest BCUT2D eigenvalue weighted by Crippen LogP contribution is 2.37. The summed E-state index contributed by atoms with van der Waals surface area (Å²) in [7, 11) is 0. The van der Waals surface area contributed by atoms with Crippen LogP contribution in [0.15, 0.2) is 60.1 Å². The van der Waals surface area contributed by atoms with Gasteiger partial charge in [0.15, 0.2) is 5.82 Å². The summed E-state index contributed by atoms with van der Waals surface area (Å²) >= 11 is 1.71. The van der Waals surface area contributed by atoms with Gasteiger partial charge in [0.1, 0.15) is 0 Å². The van der Waals surface area contributed by atoms with Gasteiger partial charge in [-0.1, -0.05) is 37.1 Å². The Kier molecular flexibility index (Phi) is 5.02. The molecule has 2 heterocycles. The molecule has 1 aromatic carbocycles. The van der Waals surface area contributed by atoms with Gasteiger partial charge in [-0.25, -0.2) is 9.48 Å². The summed E-state index contributed by atoms with van der Waals surface area (Å²) in [4.78, 5) is 13.8. The molecule has 26 heavy (non-hydrogen) atoms. The van der Waals surface area contributed by atoms with Gasteiger partial charge in [-0.05, 0) is 42.3 Å². The highest BCUT2D eigenvalue weighted by atomic mass is 32.1. The normalized spacial score (nSPS) is 15.7. The average Bonchev–Trinajstić information content (AvgIpc) is 3.42. The smallest absolute Gasteiger partial charge is 0.320 e. The van der Waals surface area contributed by atoms with Crippen molar-refractivity contribution in [1.29, 1.82) is 0 Å². The standard InChI is InChI=1S/C20H22N4OS/c25-20(21-18-12-13-24(23-18)16-9-2-1-3-10-16)22-19(15-7-4-5-8-15)17-11-6-14-26-17/h1-3,6,9-15,19H,4-5,7-8H2,(H2,21,22,23,25). The number of para-hydroxylation sites is 1. The molecule has 1 unspecified atom stereocenters. The number of carbonyl (C=O) groups is 1. The van der Waals surface area contributed by atoms with Crippen molar-refractivity contribution in [3.63, 3.8) is 0 Å². The lowest BCUT2D eigenvalue weighted by atomic mass is 9.97. The van der Waals surface area contributed by atoms with Crippen molar-refractivity contribution in [2.45, 2.75) is 31.7 Å². The summed E-state index contributed by atoms with van der Waals surface area (Å²) in [5.74, 6) is 1.06. The Balaban J connectivity index is 1.43. The molecule has 1 fully saturated rings. The summed E-state index contributed by atoms with van der Waals surface area (Å²) in [6.45, 7) is 0. The van der Waals surface area contributed by atoms with Crippen molar-refractivity contribution >= 4 is 23.2 Å². The number of benzene rings is 1. The third-order valence-electron chi connectivity index (χ3n) is 4.86. The van der Waals surface area contributed by atoms with E-state index in [4.69, 9.17) is 0 Å². The zero-order valence-electron chi connectivity index (χ0n) is 14.5. The van der Waals surface area contributed by atoms with Crippen molar-refractivity contribution in [3.8, 4) is 5.69 Å². The molecule has 1 aliphatic rings. The van der Waals surface area contributed by atoms with Crippen LogP contribution >= 0.6 is 11.3 Å². The van der Waals surface area contributed by atoms with Gasteiger partial charge in [0, 0.05) is 17.1 Å². The summed E-state index contributed by atoms with van der Waals surface area (Å²) < 4.78 is 1.75. The maximum Gasteiger partial charge on any atom is 0.320 e. The number of aromatic nitrogens is 2. The van der Waals surface area contributed by atoms with E-state index in [-0.39, 0.29) is 12.1 Å². The molecule has 2 aromatic heterocycles. The highest BCUT2D eigenvalue weighted by Gasteiger charge is 2.28. The molecule has 2 amide bonds. The number of amides is 2. The number of carbonyl (C=O) groups excluding carboxylic acids is 1. The van der Waals surface area contributed by atoms with Gasteiger partial charge in [0.2, 0.25) is 0 Å². The molecule has 0 saturated heterocycles. The van der Waals surface area contributed by atoms with Crippen LogP contribution in [0.3, 0.4) is 0 Å². The van der Waals surface area contributed by atoms with Gasteiger partial charge in [0.05, 0.1) is 11.7 Å². The third kappa shape index (κ3) is 3.80. The first-order chi connectivity index (χ1) is 12.8. The second-order valence-corrected chi connectivity index (χ2v) is 7.60. The van der Waals surface area contributed by atoms with Gasteiger partial charge < -0.3 is 5.32 Å². The molecule has 1 saturated carbocycles. The Morgan fingerprint density at radius 3 is 2.65 bits per heavy atom. The minimum absolute atomic E-state index is 0.0775. The molecule has 0 aliphatic heterocycles.